The molecule has 2 aromatic heterocycles. The van der Waals surface area contributed by atoms with Gasteiger partial charge in [-0.25, -0.2) is 4.98 Å². The number of benzene rings is 1. The van der Waals surface area contributed by atoms with E-state index in [4.69, 9.17) is 14.2 Å². The van der Waals surface area contributed by atoms with Gasteiger partial charge in [0.1, 0.15) is 19.0 Å². The summed E-state index contributed by atoms with van der Waals surface area (Å²) >= 11 is 0. The number of carbonyl (C=O) groups is 1. The Labute approximate surface area is 202 Å². The Morgan fingerprint density at radius 2 is 2.00 bits per heavy atom. The summed E-state index contributed by atoms with van der Waals surface area (Å²) in [7, 11) is 1.53. The van der Waals surface area contributed by atoms with Crippen LogP contribution in [-0.4, -0.2) is 48.9 Å². The molecule has 2 atom stereocenters. The van der Waals surface area contributed by atoms with Crippen LogP contribution in [0.4, 0.5) is 11.5 Å². The fourth-order valence-electron chi connectivity index (χ4n) is 5.34. The SMILES string of the molecule is COc1cc(C(=O)Nc2ccc(N3C[C@@H]4C[C@@H](C3)c3cccc(=O)n3C4)nc2)cc2c1OCCO2. The smallest absolute Gasteiger partial charge is 0.255 e. The molecule has 9 nitrogen and oxygen atoms in total. The average Bonchev–Trinajstić information content (AvgIpc) is 2.89. The van der Waals surface area contributed by atoms with Crippen LogP contribution in [-0.2, 0) is 6.54 Å². The summed E-state index contributed by atoms with van der Waals surface area (Å²) in [5.74, 6) is 2.76. The molecule has 5 heterocycles. The van der Waals surface area contributed by atoms with Crippen molar-refractivity contribution in [1.82, 2.24) is 9.55 Å². The van der Waals surface area contributed by atoms with Gasteiger partial charge in [-0.15, -0.1) is 0 Å². The summed E-state index contributed by atoms with van der Waals surface area (Å²) in [5.41, 5.74) is 2.20. The van der Waals surface area contributed by atoms with Crippen LogP contribution in [0.15, 0.2) is 53.5 Å². The number of carbonyl (C=O) groups excluding carboxylic acids is 1. The number of fused-ring (bicyclic) bond motifs is 5. The molecule has 0 aliphatic carbocycles. The molecule has 3 aromatic rings. The lowest BCUT2D eigenvalue weighted by atomic mass is 9.83. The van der Waals surface area contributed by atoms with Crippen LogP contribution >= 0.6 is 0 Å². The van der Waals surface area contributed by atoms with Crippen molar-refractivity contribution in [3.63, 3.8) is 0 Å². The van der Waals surface area contributed by atoms with Gasteiger partial charge in [0, 0.05) is 42.9 Å². The van der Waals surface area contributed by atoms with Crippen molar-refractivity contribution in [2.45, 2.75) is 18.9 Å². The molecule has 3 aliphatic rings. The lowest BCUT2D eigenvalue weighted by Gasteiger charge is -2.43. The standard InChI is InChI=1S/C26H26N4O5/c1-33-21-10-17(11-22-25(21)35-8-7-34-22)26(32)28-19-5-6-23(27-12-19)29-13-16-9-18(15-29)20-3-2-4-24(31)30(20)14-16/h2-6,10-12,16,18H,7-9,13-15H2,1H3,(H,28,32)/t16-,18-/m0/s1. The number of hydrogen-bond donors (Lipinski definition) is 1. The highest BCUT2D eigenvalue weighted by atomic mass is 16.6. The zero-order valence-electron chi connectivity index (χ0n) is 19.4. The monoisotopic (exact) mass is 474 g/mol. The number of hydrogen-bond acceptors (Lipinski definition) is 7. The zero-order chi connectivity index (χ0) is 23.9. The largest absolute Gasteiger partial charge is 0.493 e. The van der Waals surface area contributed by atoms with Crippen molar-refractivity contribution < 1.29 is 19.0 Å². The van der Waals surface area contributed by atoms with E-state index in [0.717, 1.165) is 37.6 Å². The quantitative estimate of drug-likeness (QED) is 0.621. The number of rotatable bonds is 4. The number of aromatic nitrogens is 2. The molecule has 2 bridgehead atoms. The van der Waals surface area contributed by atoms with Gasteiger partial charge in [0.15, 0.2) is 11.5 Å². The summed E-state index contributed by atoms with van der Waals surface area (Å²) in [6, 6.07) is 12.6. The minimum atomic E-state index is -0.288. The normalized spacial score (nSPS) is 20.1. The topological polar surface area (TPSA) is 94.9 Å². The molecule has 1 amide bonds. The van der Waals surface area contributed by atoms with Crippen LogP contribution in [0.5, 0.6) is 17.2 Å². The maximum atomic E-state index is 12.9. The van der Waals surface area contributed by atoms with Gasteiger partial charge < -0.3 is 29.0 Å². The van der Waals surface area contributed by atoms with Crippen molar-refractivity contribution in [2.75, 3.05) is 43.6 Å². The maximum Gasteiger partial charge on any atom is 0.255 e. The summed E-state index contributed by atoms with van der Waals surface area (Å²) in [4.78, 5) is 32.1. The Morgan fingerprint density at radius 3 is 2.83 bits per heavy atom. The second-order valence-corrected chi connectivity index (χ2v) is 9.17. The van der Waals surface area contributed by atoms with E-state index in [1.165, 1.54) is 7.11 Å². The number of ether oxygens (including phenoxy) is 3. The van der Waals surface area contributed by atoms with Crippen molar-refractivity contribution in [3.8, 4) is 17.2 Å². The van der Waals surface area contributed by atoms with Crippen LogP contribution in [0, 0.1) is 5.92 Å². The van der Waals surface area contributed by atoms with E-state index < -0.39 is 0 Å². The van der Waals surface area contributed by atoms with E-state index >= 15 is 0 Å². The molecule has 3 aliphatic heterocycles. The highest BCUT2D eigenvalue weighted by Crippen LogP contribution is 2.40. The Balaban J connectivity index is 1.17. The third-order valence-corrected chi connectivity index (χ3v) is 6.90. The van der Waals surface area contributed by atoms with Gasteiger partial charge in [0.25, 0.3) is 11.5 Å². The van der Waals surface area contributed by atoms with Crippen LogP contribution in [0.2, 0.25) is 0 Å². The first-order chi connectivity index (χ1) is 17.1. The first kappa shape index (κ1) is 21.5. The Bertz CT molecular complexity index is 1320. The van der Waals surface area contributed by atoms with E-state index in [1.54, 1.807) is 24.4 Å². The van der Waals surface area contributed by atoms with Gasteiger partial charge in [0.05, 0.1) is 19.0 Å². The number of anilines is 2. The second kappa shape index (κ2) is 8.65. The van der Waals surface area contributed by atoms with Gasteiger partial charge in [-0.1, -0.05) is 6.07 Å². The molecular formula is C26H26N4O5. The Hall–Kier alpha value is -4.01. The van der Waals surface area contributed by atoms with Crippen LogP contribution in [0.1, 0.15) is 28.4 Å². The molecule has 35 heavy (non-hydrogen) atoms. The molecule has 180 valence electrons. The summed E-state index contributed by atoms with van der Waals surface area (Å²) in [6.07, 6.45) is 2.76. The number of nitrogens with zero attached hydrogens (tertiary/aromatic N) is 3. The summed E-state index contributed by atoms with van der Waals surface area (Å²) in [5, 5.41) is 2.90. The molecule has 9 heteroatoms. The van der Waals surface area contributed by atoms with Gasteiger partial charge in [-0.3, -0.25) is 9.59 Å². The lowest BCUT2D eigenvalue weighted by Crippen LogP contribution is -2.47. The third-order valence-electron chi connectivity index (χ3n) is 6.90. The maximum absolute atomic E-state index is 12.9. The van der Waals surface area contributed by atoms with Crippen molar-refractivity contribution in [3.05, 3.63) is 70.3 Å². The second-order valence-electron chi connectivity index (χ2n) is 9.17. The van der Waals surface area contributed by atoms with Gasteiger partial charge in [0.2, 0.25) is 5.75 Å². The number of amides is 1. The van der Waals surface area contributed by atoms with Crippen molar-refractivity contribution >= 4 is 17.4 Å². The number of nitrogens with one attached hydrogen (secondary N) is 1. The third kappa shape index (κ3) is 3.96. The number of pyridine rings is 2. The molecule has 6 rings (SSSR count). The fourth-order valence-corrected chi connectivity index (χ4v) is 5.34. The van der Waals surface area contributed by atoms with Gasteiger partial charge in [-0.2, -0.15) is 0 Å². The molecule has 0 radical (unpaired) electrons. The van der Waals surface area contributed by atoms with E-state index in [1.807, 2.05) is 22.8 Å². The van der Waals surface area contributed by atoms with Crippen molar-refractivity contribution in [2.24, 2.45) is 5.92 Å². The molecule has 1 saturated heterocycles. The van der Waals surface area contributed by atoms with Crippen LogP contribution in [0.25, 0.3) is 0 Å². The number of methoxy groups -OCH3 is 1. The molecule has 1 aromatic carbocycles. The molecule has 0 spiro atoms. The molecule has 1 N–H and O–H groups in total. The van der Waals surface area contributed by atoms with E-state index in [9.17, 15) is 9.59 Å². The zero-order valence-corrected chi connectivity index (χ0v) is 19.4. The molecular weight excluding hydrogens is 448 g/mol. The molecule has 1 fully saturated rings. The first-order valence-electron chi connectivity index (χ1n) is 11.8. The van der Waals surface area contributed by atoms with E-state index in [-0.39, 0.29) is 11.5 Å². The first-order valence-corrected chi connectivity index (χ1v) is 11.8. The van der Waals surface area contributed by atoms with Crippen LogP contribution < -0.4 is 30.0 Å². The predicted octanol–water partition coefficient (Wildman–Crippen LogP) is 2.90. The molecule has 0 unspecified atom stereocenters. The van der Waals surface area contributed by atoms with E-state index in [0.29, 0.717) is 53.5 Å². The Morgan fingerprint density at radius 1 is 1.11 bits per heavy atom. The Kier molecular flexibility index (Phi) is 5.32. The van der Waals surface area contributed by atoms with Crippen molar-refractivity contribution in [1.29, 1.82) is 0 Å². The summed E-state index contributed by atoms with van der Waals surface area (Å²) in [6.45, 7) is 3.28. The fraction of sp³-hybridized carbons (Fsp3) is 0.346. The van der Waals surface area contributed by atoms with Gasteiger partial charge in [-0.05, 0) is 42.7 Å². The minimum Gasteiger partial charge on any atom is -0.493 e. The lowest BCUT2D eigenvalue weighted by molar-refractivity contribution is 0.102. The highest BCUT2D eigenvalue weighted by Gasteiger charge is 2.35. The molecule has 0 saturated carbocycles. The summed E-state index contributed by atoms with van der Waals surface area (Å²) < 4.78 is 18.5. The average molecular weight is 475 g/mol. The highest BCUT2D eigenvalue weighted by molar-refractivity contribution is 6.05. The number of piperidine rings is 1. The van der Waals surface area contributed by atoms with E-state index in [2.05, 4.69) is 21.3 Å². The van der Waals surface area contributed by atoms with Crippen LogP contribution in [0.3, 0.4) is 0 Å². The van der Waals surface area contributed by atoms with Gasteiger partial charge >= 0.3 is 0 Å². The minimum absolute atomic E-state index is 0.0829. The predicted molar refractivity (Wildman–Crippen MR) is 130 cm³/mol.